The molecule has 152 valence electrons. The molecule has 0 aliphatic rings. The van der Waals surface area contributed by atoms with Crippen LogP contribution in [0.3, 0.4) is 0 Å². The number of anilines is 1. The fraction of sp³-hybridized carbons (Fsp3) is 0.136. The number of halogens is 1. The molecule has 2 aromatic carbocycles. The fourth-order valence-electron chi connectivity index (χ4n) is 2.93. The van der Waals surface area contributed by atoms with Gasteiger partial charge in [-0.05, 0) is 43.3 Å². The highest BCUT2D eigenvalue weighted by molar-refractivity contribution is 7.13. The molecule has 1 amide bonds. The SMILES string of the molecule is CCOc1ccc(-c2csc(-c3cc(NC(=O)c4ccccc4F)n(C)n3)n2)cc1. The minimum absolute atomic E-state index is 0.0210. The lowest BCUT2D eigenvalue weighted by molar-refractivity contribution is 0.102. The molecule has 0 unspecified atom stereocenters. The highest BCUT2D eigenvalue weighted by Crippen LogP contribution is 2.30. The van der Waals surface area contributed by atoms with Crippen molar-refractivity contribution in [3.8, 4) is 27.7 Å². The molecule has 0 radical (unpaired) electrons. The van der Waals surface area contributed by atoms with E-state index in [0.717, 1.165) is 22.0 Å². The summed E-state index contributed by atoms with van der Waals surface area (Å²) in [5.74, 6) is 0.168. The minimum Gasteiger partial charge on any atom is -0.494 e. The molecule has 0 spiro atoms. The van der Waals surface area contributed by atoms with Crippen LogP contribution in [-0.2, 0) is 7.05 Å². The summed E-state index contributed by atoms with van der Waals surface area (Å²) in [5.41, 5.74) is 2.42. The number of thiazole rings is 1. The predicted octanol–water partition coefficient (Wildman–Crippen LogP) is 5.00. The molecule has 6 nitrogen and oxygen atoms in total. The number of amides is 1. The highest BCUT2D eigenvalue weighted by Gasteiger charge is 2.16. The molecular formula is C22H19FN4O2S. The van der Waals surface area contributed by atoms with Crippen LogP contribution in [0.5, 0.6) is 5.75 Å². The van der Waals surface area contributed by atoms with Gasteiger partial charge in [0.05, 0.1) is 17.9 Å². The summed E-state index contributed by atoms with van der Waals surface area (Å²) in [6, 6.07) is 15.3. The molecule has 0 saturated carbocycles. The standard InChI is InChI=1S/C22H19FN4O2S/c1-3-29-15-10-8-14(9-11-15)19-13-30-22(24-19)18-12-20(27(2)26-18)25-21(28)16-6-4-5-7-17(16)23/h4-13H,3H2,1-2H3,(H,25,28). The third-order valence-corrected chi connectivity index (χ3v) is 5.29. The number of aromatic nitrogens is 3. The van der Waals surface area contributed by atoms with Crippen molar-refractivity contribution in [2.75, 3.05) is 11.9 Å². The van der Waals surface area contributed by atoms with Gasteiger partial charge < -0.3 is 10.1 Å². The quantitative estimate of drug-likeness (QED) is 0.475. The maximum absolute atomic E-state index is 13.8. The lowest BCUT2D eigenvalue weighted by atomic mass is 10.2. The molecule has 0 fully saturated rings. The monoisotopic (exact) mass is 422 g/mol. The highest BCUT2D eigenvalue weighted by atomic mass is 32.1. The number of rotatable bonds is 6. The van der Waals surface area contributed by atoms with Crippen molar-refractivity contribution in [3.63, 3.8) is 0 Å². The summed E-state index contributed by atoms with van der Waals surface area (Å²) >= 11 is 1.46. The number of carbonyl (C=O) groups is 1. The normalized spacial score (nSPS) is 10.8. The Morgan fingerprint density at radius 1 is 1.17 bits per heavy atom. The van der Waals surface area contributed by atoms with Gasteiger partial charge in [-0.25, -0.2) is 9.37 Å². The summed E-state index contributed by atoms with van der Waals surface area (Å²) in [6.45, 7) is 2.57. The largest absolute Gasteiger partial charge is 0.494 e. The molecule has 30 heavy (non-hydrogen) atoms. The first kappa shape index (κ1) is 19.8. The second-order valence-corrected chi connectivity index (χ2v) is 7.33. The number of nitrogens with one attached hydrogen (secondary N) is 1. The zero-order valence-electron chi connectivity index (χ0n) is 16.4. The molecule has 2 aromatic heterocycles. The van der Waals surface area contributed by atoms with Gasteiger partial charge in [0.15, 0.2) is 0 Å². The van der Waals surface area contributed by atoms with E-state index in [9.17, 15) is 9.18 Å². The third kappa shape index (κ3) is 4.08. The van der Waals surface area contributed by atoms with E-state index < -0.39 is 11.7 Å². The van der Waals surface area contributed by atoms with Crippen molar-refractivity contribution in [2.24, 2.45) is 7.05 Å². The number of aryl methyl sites for hydroxylation is 1. The van der Waals surface area contributed by atoms with E-state index in [2.05, 4.69) is 15.4 Å². The first-order valence-corrected chi connectivity index (χ1v) is 10.2. The molecule has 8 heteroatoms. The van der Waals surface area contributed by atoms with Crippen molar-refractivity contribution < 1.29 is 13.9 Å². The lowest BCUT2D eigenvalue weighted by Gasteiger charge is -2.05. The van der Waals surface area contributed by atoms with Crippen LogP contribution in [0.4, 0.5) is 10.2 Å². The van der Waals surface area contributed by atoms with Crippen molar-refractivity contribution in [2.45, 2.75) is 6.92 Å². The molecule has 4 rings (SSSR count). The van der Waals surface area contributed by atoms with Crippen molar-refractivity contribution in [1.29, 1.82) is 0 Å². The molecular weight excluding hydrogens is 403 g/mol. The topological polar surface area (TPSA) is 69.0 Å². The van der Waals surface area contributed by atoms with E-state index >= 15 is 0 Å². The molecule has 0 aliphatic heterocycles. The lowest BCUT2D eigenvalue weighted by Crippen LogP contribution is -2.15. The summed E-state index contributed by atoms with van der Waals surface area (Å²) in [7, 11) is 1.71. The second kappa shape index (κ2) is 8.46. The van der Waals surface area contributed by atoms with E-state index in [0.29, 0.717) is 18.1 Å². The first-order chi connectivity index (χ1) is 14.5. The van der Waals surface area contributed by atoms with Crippen LogP contribution in [0.1, 0.15) is 17.3 Å². The van der Waals surface area contributed by atoms with Gasteiger partial charge in [-0.3, -0.25) is 9.48 Å². The van der Waals surface area contributed by atoms with E-state index in [1.165, 1.54) is 28.2 Å². The Kier molecular flexibility index (Phi) is 5.58. The van der Waals surface area contributed by atoms with Gasteiger partial charge in [-0.1, -0.05) is 12.1 Å². The zero-order chi connectivity index (χ0) is 21.1. The van der Waals surface area contributed by atoms with Crippen molar-refractivity contribution >= 4 is 23.1 Å². The van der Waals surface area contributed by atoms with Gasteiger partial charge >= 0.3 is 0 Å². The first-order valence-electron chi connectivity index (χ1n) is 9.34. The number of hydrogen-bond donors (Lipinski definition) is 1. The van der Waals surface area contributed by atoms with Gasteiger partial charge in [0, 0.05) is 24.1 Å². The van der Waals surface area contributed by atoms with Crippen molar-refractivity contribution in [1.82, 2.24) is 14.8 Å². The number of carbonyl (C=O) groups excluding carboxylic acids is 1. The Balaban J connectivity index is 1.53. The maximum Gasteiger partial charge on any atom is 0.259 e. The van der Waals surface area contributed by atoms with Gasteiger partial charge in [0.1, 0.15) is 28.1 Å². The van der Waals surface area contributed by atoms with Gasteiger partial charge in [0.2, 0.25) is 0 Å². The Morgan fingerprint density at radius 2 is 1.93 bits per heavy atom. The Bertz CT molecular complexity index is 1180. The average Bonchev–Trinajstić information content (AvgIpc) is 3.36. The summed E-state index contributed by atoms with van der Waals surface area (Å²) < 4.78 is 20.8. The zero-order valence-corrected chi connectivity index (χ0v) is 17.2. The van der Waals surface area contributed by atoms with E-state index in [-0.39, 0.29) is 5.56 Å². The van der Waals surface area contributed by atoms with Crippen LogP contribution in [0.25, 0.3) is 22.0 Å². The Hall–Kier alpha value is -3.52. The van der Waals surface area contributed by atoms with Crippen LogP contribution in [0.2, 0.25) is 0 Å². The van der Waals surface area contributed by atoms with E-state index in [1.807, 2.05) is 36.6 Å². The third-order valence-electron chi connectivity index (χ3n) is 4.42. The Morgan fingerprint density at radius 3 is 2.67 bits per heavy atom. The number of ether oxygens (including phenoxy) is 1. The molecule has 2 heterocycles. The molecule has 0 atom stereocenters. The van der Waals surface area contributed by atoms with Gasteiger partial charge in [-0.2, -0.15) is 5.10 Å². The molecule has 0 aliphatic carbocycles. The predicted molar refractivity (Wildman–Crippen MR) is 115 cm³/mol. The average molecular weight is 422 g/mol. The summed E-state index contributed by atoms with van der Waals surface area (Å²) in [6.07, 6.45) is 0. The minimum atomic E-state index is -0.572. The summed E-state index contributed by atoms with van der Waals surface area (Å²) in [5, 5.41) is 9.81. The molecule has 0 saturated heterocycles. The van der Waals surface area contributed by atoms with Crippen LogP contribution in [-0.4, -0.2) is 27.3 Å². The number of benzene rings is 2. The smallest absolute Gasteiger partial charge is 0.259 e. The van der Waals surface area contributed by atoms with Crippen LogP contribution < -0.4 is 10.1 Å². The number of nitrogens with zero attached hydrogens (tertiary/aromatic N) is 3. The second-order valence-electron chi connectivity index (χ2n) is 6.47. The van der Waals surface area contributed by atoms with E-state index in [1.54, 1.807) is 25.2 Å². The van der Waals surface area contributed by atoms with Crippen molar-refractivity contribution in [3.05, 3.63) is 71.4 Å². The van der Waals surface area contributed by atoms with Crippen LogP contribution in [0.15, 0.2) is 60.0 Å². The molecule has 4 aromatic rings. The van der Waals surface area contributed by atoms with Gasteiger partial charge in [0.25, 0.3) is 5.91 Å². The summed E-state index contributed by atoms with van der Waals surface area (Å²) in [4.78, 5) is 17.0. The Labute approximate surface area is 177 Å². The van der Waals surface area contributed by atoms with E-state index in [4.69, 9.17) is 4.74 Å². The van der Waals surface area contributed by atoms with Crippen LogP contribution >= 0.6 is 11.3 Å². The molecule has 0 bridgehead atoms. The maximum atomic E-state index is 13.8. The van der Waals surface area contributed by atoms with Crippen LogP contribution in [0, 0.1) is 5.82 Å². The molecule has 1 N–H and O–H groups in total. The van der Waals surface area contributed by atoms with Gasteiger partial charge in [-0.15, -0.1) is 11.3 Å². The fourth-order valence-corrected chi connectivity index (χ4v) is 3.71. The number of hydrogen-bond acceptors (Lipinski definition) is 5.